The molecule has 1 aliphatic carbocycles. The molecule has 0 unspecified atom stereocenters. The Kier molecular flexibility index (Phi) is 5.44. The SMILES string of the molecule is C[C@H](Oc1cccc(Cl)c1)C(=O)N1CCN(c2nccn3nc4c(c23)CCCC4)CC1. The molecule has 1 saturated heterocycles. The summed E-state index contributed by atoms with van der Waals surface area (Å²) in [6.45, 7) is 4.54. The van der Waals surface area contributed by atoms with Gasteiger partial charge in [0.05, 0.1) is 5.69 Å². The molecule has 1 aromatic carbocycles. The molecule has 3 aromatic rings. The summed E-state index contributed by atoms with van der Waals surface area (Å²) in [5.74, 6) is 1.58. The van der Waals surface area contributed by atoms with Crippen LogP contribution in [0.1, 0.15) is 31.0 Å². The monoisotopic (exact) mass is 439 g/mol. The van der Waals surface area contributed by atoms with Gasteiger partial charge in [0, 0.05) is 49.2 Å². The van der Waals surface area contributed by atoms with E-state index in [-0.39, 0.29) is 5.91 Å². The largest absolute Gasteiger partial charge is 0.481 e. The van der Waals surface area contributed by atoms with Gasteiger partial charge in [-0.1, -0.05) is 17.7 Å². The first-order valence-electron chi connectivity index (χ1n) is 10.9. The quantitative estimate of drug-likeness (QED) is 0.623. The molecule has 1 aliphatic heterocycles. The second kappa shape index (κ2) is 8.38. The van der Waals surface area contributed by atoms with Crippen molar-refractivity contribution in [1.82, 2.24) is 19.5 Å². The molecule has 162 valence electrons. The zero-order valence-corrected chi connectivity index (χ0v) is 18.4. The number of carbonyl (C=O) groups is 1. The highest BCUT2D eigenvalue weighted by molar-refractivity contribution is 6.30. The second-order valence-corrected chi connectivity index (χ2v) is 8.64. The average molecular weight is 440 g/mol. The predicted molar refractivity (Wildman–Crippen MR) is 120 cm³/mol. The fraction of sp³-hybridized carbons (Fsp3) is 0.435. The van der Waals surface area contributed by atoms with E-state index in [9.17, 15) is 4.79 Å². The summed E-state index contributed by atoms with van der Waals surface area (Å²) < 4.78 is 7.80. The number of halogens is 1. The standard InChI is InChI=1S/C23H26ClN5O2/c1-16(31-18-6-4-5-17(24)15-18)23(30)28-13-11-27(12-14-28)22-21-19-7-2-3-8-20(19)26-29(21)10-9-25-22/h4-6,9-10,15-16H,2-3,7-8,11-14H2,1H3/t16-/m0/s1. The molecule has 0 spiro atoms. The van der Waals surface area contributed by atoms with E-state index in [2.05, 4.69) is 4.90 Å². The van der Waals surface area contributed by atoms with E-state index in [1.165, 1.54) is 24.1 Å². The third kappa shape index (κ3) is 3.94. The van der Waals surface area contributed by atoms with E-state index in [4.69, 9.17) is 26.4 Å². The van der Waals surface area contributed by atoms with Crippen molar-refractivity contribution in [1.29, 1.82) is 0 Å². The lowest BCUT2D eigenvalue weighted by Gasteiger charge is -2.36. The van der Waals surface area contributed by atoms with Crippen molar-refractivity contribution in [2.75, 3.05) is 31.1 Å². The molecule has 31 heavy (non-hydrogen) atoms. The molecule has 7 nitrogen and oxygen atoms in total. The minimum atomic E-state index is -0.562. The lowest BCUT2D eigenvalue weighted by molar-refractivity contribution is -0.138. The van der Waals surface area contributed by atoms with E-state index in [1.54, 1.807) is 19.1 Å². The van der Waals surface area contributed by atoms with Crippen molar-refractivity contribution >= 4 is 28.8 Å². The minimum Gasteiger partial charge on any atom is -0.481 e. The average Bonchev–Trinajstić information content (AvgIpc) is 3.17. The fourth-order valence-electron chi connectivity index (χ4n) is 4.57. The number of hydrogen-bond acceptors (Lipinski definition) is 5. The van der Waals surface area contributed by atoms with Crippen LogP contribution >= 0.6 is 11.6 Å². The van der Waals surface area contributed by atoms with Crippen LogP contribution in [0.25, 0.3) is 5.52 Å². The number of anilines is 1. The highest BCUT2D eigenvalue weighted by atomic mass is 35.5. The Morgan fingerprint density at radius 3 is 2.77 bits per heavy atom. The molecule has 5 rings (SSSR count). The molecule has 1 amide bonds. The molecule has 2 aromatic heterocycles. The Morgan fingerprint density at radius 2 is 1.97 bits per heavy atom. The van der Waals surface area contributed by atoms with Crippen molar-refractivity contribution < 1.29 is 9.53 Å². The number of benzene rings is 1. The van der Waals surface area contributed by atoms with Gasteiger partial charge in [0.15, 0.2) is 11.9 Å². The number of aromatic nitrogens is 3. The molecule has 1 fully saturated rings. The van der Waals surface area contributed by atoms with Crippen LogP contribution in [0.3, 0.4) is 0 Å². The van der Waals surface area contributed by atoms with Gasteiger partial charge in [0.2, 0.25) is 0 Å². The molecule has 0 radical (unpaired) electrons. The van der Waals surface area contributed by atoms with E-state index < -0.39 is 6.10 Å². The molecule has 1 atom stereocenters. The molecule has 8 heteroatoms. The molecule has 0 bridgehead atoms. The maximum Gasteiger partial charge on any atom is 0.263 e. The molecular formula is C23H26ClN5O2. The first-order valence-corrected chi connectivity index (χ1v) is 11.3. The molecule has 3 heterocycles. The van der Waals surface area contributed by atoms with Crippen molar-refractivity contribution in [3.63, 3.8) is 0 Å². The first kappa shape index (κ1) is 20.1. The zero-order valence-electron chi connectivity index (χ0n) is 17.6. The van der Waals surface area contributed by atoms with Crippen LogP contribution in [-0.2, 0) is 17.6 Å². The van der Waals surface area contributed by atoms with Gasteiger partial charge >= 0.3 is 0 Å². The van der Waals surface area contributed by atoms with Crippen LogP contribution < -0.4 is 9.64 Å². The van der Waals surface area contributed by atoms with Crippen molar-refractivity contribution in [2.24, 2.45) is 0 Å². The Labute approximate surface area is 186 Å². The number of fused-ring (bicyclic) bond motifs is 3. The second-order valence-electron chi connectivity index (χ2n) is 8.21. The maximum atomic E-state index is 12.9. The summed E-state index contributed by atoms with van der Waals surface area (Å²) in [4.78, 5) is 21.8. The van der Waals surface area contributed by atoms with Gasteiger partial charge in [-0.25, -0.2) is 9.50 Å². The summed E-state index contributed by atoms with van der Waals surface area (Å²) in [6, 6.07) is 7.14. The summed E-state index contributed by atoms with van der Waals surface area (Å²) in [5, 5.41) is 5.37. The third-order valence-corrected chi connectivity index (χ3v) is 6.38. The van der Waals surface area contributed by atoms with Crippen LogP contribution in [0, 0.1) is 0 Å². The van der Waals surface area contributed by atoms with Gasteiger partial charge < -0.3 is 14.5 Å². The van der Waals surface area contributed by atoms with E-state index in [1.807, 2.05) is 33.9 Å². The van der Waals surface area contributed by atoms with Crippen molar-refractivity contribution in [3.8, 4) is 5.75 Å². The van der Waals surface area contributed by atoms with Crippen LogP contribution in [-0.4, -0.2) is 57.7 Å². The van der Waals surface area contributed by atoms with Gasteiger partial charge in [-0.15, -0.1) is 0 Å². The van der Waals surface area contributed by atoms with E-state index >= 15 is 0 Å². The summed E-state index contributed by atoms with van der Waals surface area (Å²) in [7, 11) is 0. The number of carbonyl (C=O) groups excluding carboxylic acids is 1. The Morgan fingerprint density at radius 1 is 1.16 bits per heavy atom. The van der Waals surface area contributed by atoms with Crippen LogP contribution in [0.15, 0.2) is 36.7 Å². The summed E-state index contributed by atoms with van der Waals surface area (Å²) in [6.07, 6.45) is 7.71. The molecule has 0 N–H and O–H groups in total. The normalized spacial score (nSPS) is 17.5. The third-order valence-electron chi connectivity index (χ3n) is 6.15. The Balaban J connectivity index is 1.27. The number of aryl methyl sites for hydroxylation is 2. The van der Waals surface area contributed by atoms with Gasteiger partial charge in [0.1, 0.15) is 11.3 Å². The Hall–Kier alpha value is -2.80. The van der Waals surface area contributed by atoms with Crippen LogP contribution in [0.2, 0.25) is 5.02 Å². The van der Waals surface area contributed by atoms with Gasteiger partial charge in [-0.3, -0.25) is 4.79 Å². The van der Waals surface area contributed by atoms with Gasteiger partial charge in [-0.2, -0.15) is 5.10 Å². The van der Waals surface area contributed by atoms with Crippen LogP contribution in [0.4, 0.5) is 5.82 Å². The van der Waals surface area contributed by atoms with Gasteiger partial charge in [-0.05, 0) is 50.8 Å². The highest BCUT2D eigenvalue weighted by Gasteiger charge is 2.29. The number of rotatable bonds is 4. The zero-order chi connectivity index (χ0) is 21.4. The molecular weight excluding hydrogens is 414 g/mol. The van der Waals surface area contributed by atoms with Gasteiger partial charge in [0.25, 0.3) is 5.91 Å². The predicted octanol–water partition coefficient (Wildman–Crippen LogP) is 3.38. The maximum absolute atomic E-state index is 12.9. The summed E-state index contributed by atoms with van der Waals surface area (Å²) in [5.41, 5.74) is 3.69. The van der Waals surface area contributed by atoms with E-state index in [0.29, 0.717) is 23.9 Å². The first-order chi connectivity index (χ1) is 15.1. The van der Waals surface area contributed by atoms with E-state index in [0.717, 1.165) is 37.3 Å². The van der Waals surface area contributed by atoms with Crippen molar-refractivity contribution in [2.45, 2.75) is 38.7 Å². The summed E-state index contributed by atoms with van der Waals surface area (Å²) >= 11 is 6.02. The number of nitrogens with zero attached hydrogens (tertiary/aromatic N) is 5. The molecule has 0 saturated carbocycles. The lowest BCUT2D eigenvalue weighted by Crippen LogP contribution is -2.52. The minimum absolute atomic E-state index is 0.00692. The lowest BCUT2D eigenvalue weighted by atomic mass is 9.97. The molecule has 2 aliphatic rings. The number of piperazine rings is 1. The Bertz CT molecular complexity index is 1110. The number of hydrogen-bond donors (Lipinski definition) is 0. The highest BCUT2D eigenvalue weighted by Crippen LogP contribution is 2.30. The fourth-order valence-corrected chi connectivity index (χ4v) is 4.75. The van der Waals surface area contributed by atoms with Crippen LogP contribution in [0.5, 0.6) is 5.75 Å². The number of amides is 1. The topological polar surface area (TPSA) is 63.0 Å². The smallest absolute Gasteiger partial charge is 0.263 e. The number of ether oxygens (including phenoxy) is 1. The van der Waals surface area contributed by atoms with Crippen molar-refractivity contribution in [3.05, 3.63) is 52.9 Å².